The molecular weight excluding hydrogens is 280 g/mol. The molecule has 0 bridgehead atoms. The molecule has 2 nitrogen and oxygen atoms in total. The molecule has 3 rings (SSSR count). The van der Waals surface area contributed by atoms with Gasteiger partial charge in [-0.3, -0.25) is 0 Å². The van der Waals surface area contributed by atoms with E-state index in [4.69, 9.17) is 5.73 Å². The predicted molar refractivity (Wildman–Crippen MR) is 99.1 cm³/mol. The second kappa shape index (κ2) is 6.21. The zero-order valence-electron chi connectivity index (χ0n) is 14.6. The second-order valence-corrected chi connectivity index (χ2v) is 6.64. The maximum absolute atomic E-state index is 6.17. The Morgan fingerprint density at radius 1 is 1.04 bits per heavy atom. The zero-order chi connectivity index (χ0) is 16.6. The van der Waals surface area contributed by atoms with E-state index in [1.807, 2.05) is 0 Å². The van der Waals surface area contributed by atoms with Crippen LogP contribution in [-0.2, 0) is 13.5 Å². The molecule has 120 valence electrons. The van der Waals surface area contributed by atoms with Crippen LogP contribution in [0, 0.1) is 20.8 Å². The fraction of sp³-hybridized carbons (Fsp3) is 0.333. The number of hydrogen-bond acceptors (Lipinski definition) is 1. The van der Waals surface area contributed by atoms with Crippen LogP contribution in [0.4, 0.5) is 0 Å². The van der Waals surface area contributed by atoms with Crippen LogP contribution in [0.15, 0.2) is 42.5 Å². The number of hydrogen-bond donors (Lipinski definition) is 1. The molecule has 0 amide bonds. The highest BCUT2D eigenvalue weighted by molar-refractivity contribution is 5.85. The predicted octanol–water partition coefficient (Wildman–Crippen LogP) is 4.39. The smallest absolute Gasteiger partial charge is 0.0482 e. The Labute approximate surface area is 138 Å². The highest BCUT2D eigenvalue weighted by Crippen LogP contribution is 2.31. The van der Waals surface area contributed by atoms with Gasteiger partial charge in [-0.25, -0.2) is 0 Å². The molecule has 2 heteroatoms. The van der Waals surface area contributed by atoms with Crippen LogP contribution in [0.1, 0.15) is 33.9 Å². The molecule has 23 heavy (non-hydrogen) atoms. The lowest BCUT2D eigenvalue weighted by atomic mass is 9.87. The molecule has 0 spiro atoms. The summed E-state index contributed by atoms with van der Waals surface area (Å²) in [5, 5.41) is 1.36. The van der Waals surface area contributed by atoms with Gasteiger partial charge in [-0.15, -0.1) is 0 Å². The number of fused-ring (bicyclic) bond motifs is 1. The van der Waals surface area contributed by atoms with Gasteiger partial charge >= 0.3 is 0 Å². The Balaban J connectivity index is 2.06. The Bertz CT molecular complexity index is 842. The maximum Gasteiger partial charge on any atom is 0.0482 e. The van der Waals surface area contributed by atoms with Crippen molar-refractivity contribution < 1.29 is 0 Å². The maximum atomic E-state index is 6.17. The van der Waals surface area contributed by atoms with Crippen LogP contribution in [0.3, 0.4) is 0 Å². The van der Waals surface area contributed by atoms with Crippen LogP contribution in [0.25, 0.3) is 10.9 Å². The quantitative estimate of drug-likeness (QED) is 0.761. The molecule has 1 unspecified atom stereocenters. The van der Waals surface area contributed by atoms with Crippen LogP contribution in [-0.4, -0.2) is 11.1 Å². The molecule has 2 N–H and O–H groups in total. The normalized spacial score (nSPS) is 12.7. The van der Waals surface area contributed by atoms with Crippen molar-refractivity contribution in [2.75, 3.05) is 6.54 Å². The molecule has 0 aliphatic rings. The highest BCUT2D eigenvalue weighted by Gasteiger charge is 2.18. The summed E-state index contributed by atoms with van der Waals surface area (Å²) >= 11 is 0. The van der Waals surface area contributed by atoms with E-state index in [0.29, 0.717) is 12.5 Å². The molecule has 2 aromatic carbocycles. The first-order chi connectivity index (χ1) is 11.0. The lowest BCUT2D eigenvalue weighted by molar-refractivity contribution is 0.686. The van der Waals surface area contributed by atoms with E-state index in [1.165, 1.54) is 38.9 Å². The van der Waals surface area contributed by atoms with Crippen molar-refractivity contribution in [1.82, 2.24) is 4.57 Å². The number of nitrogens with zero attached hydrogens (tertiary/aromatic N) is 1. The fourth-order valence-corrected chi connectivity index (χ4v) is 3.62. The topological polar surface area (TPSA) is 30.9 Å². The molecule has 0 aliphatic heterocycles. The van der Waals surface area contributed by atoms with Crippen molar-refractivity contribution >= 4 is 10.9 Å². The van der Waals surface area contributed by atoms with Gasteiger partial charge in [0.1, 0.15) is 0 Å². The molecule has 0 saturated heterocycles. The van der Waals surface area contributed by atoms with Crippen LogP contribution in [0.2, 0.25) is 0 Å². The molecule has 3 aromatic rings. The third kappa shape index (κ3) is 2.79. The van der Waals surface area contributed by atoms with Gasteiger partial charge in [0.25, 0.3) is 0 Å². The van der Waals surface area contributed by atoms with Crippen molar-refractivity contribution in [1.29, 1.82) is 0 Å². The van der Waals surface area contributed by atoms with Gasteiger partial charge in [-0.05, 0) is 56.5 Å². The van der Waals surface area contributed by atoms with Crippen LogP contribution >= 0.6 is 0 Å². The molecule has 1 atom stereocenters. The Morgan fingerprint density at radius 3 is 2.52 bits per heavy atom. The molecule has 0 saturated carbocycles. The van der Waals surface area contributed by atoms with Gasteiger partial charge < -0.3 is 10.3 Å². The summed E-state index contributed by atoms with van der Waals surface area (Å²) in [6.07, 6.45) is 0.994. The average molecular weight is 306 g/mol. The number of rotatable bonds is 4. The summed E-state index contributed by atoms with van der Waals surface area (Å²) in [5.41, 5.74) is 14.3. The van der Waals surface area contributed by atoms with Crippen LogP contribution < -0.4 is 5.73 Å². The number of para-hydroxylation sites is 1. The summed E-state index contributed by atoms with van der Waals surface area (Å²) in [5.74, 6) is 0.361. The van der Waals surface area contributed by atoms with E-state index in [-0.39, 0.29) is 0 Å². The van der Waals surface area contributed by atoms with Crippen LogP contribution in [0.5, 0.6) is 0 Å². The minimum Gasteiger partial charge on any atom is -0.348 e. The molecule has 0 aliphatic carbocycles. The summed E-state index contributed by atoms with van der Waals surface area (Å²) in [4.78, 5) is 0. The van der Waals surface area contributed by atoms with Crippen molar-refractivity contribution in [2.45, 2.75) is 33.1 Å². The van der Waals surface area contributed by atoms with E-state index in [1.54, 1.807) is 0 Å². The second-order valence-electron chi connectivity index (χ2n) is 6.64. The number of aromatic nitrogens is 1. The van der Waals surface area contributed by atoms with Gasteiger partial charge in [0.05, 0.1) is 0 Å². The van der Waals surface area contributed by atoms with E-state index < -0.39 is 0 Å². The Morgan fingerprint density at radius 2 is 1.78 bits per heavy atom. The van der Waals surface area contributed by atoms with E-state index in [0.717, 1.165) is 6.42 Å². The van der Waals surface area contributed by atoms with Gasteiger partial charge in [0.15, 0.2) is 0 Å². The minimum absolute atomic E-state index is 0.361. The lowest BCUT2D eigenvalue weighted by Crippen LogP contribution is -2.16. The zero-order valence-corrected chi connectivity index (χ0v) is 14.6. The summed E-state index contributed by atoms with van der Waals surface area (Å²) in [6, 6.07) is 15.3. The van der Waals surface area contributed by atoms with Crippen molar-refractivity contribution in [3.63, 3.8) is 0 Å². The van der Waals surface area contributed by atoms with Gasteiger partial charge in [0.2, 0.25) is 0 Å². The largest absolute Gasteiger partial charge is 0.348 e. The average Bonchev–Trinajstić information content (AvgIpc) is 2.80. The Hall–Kier alpha value is -2.06. The third-order valence-corrected chi connectivity index (χ3v) is 5.14. The standard InChI is InChI=1S/C21H26N2/c1-14-9-10-15(2)19(11-14)17(13-22)12-20-16(3)23(4)21-8-6-5-7-18(20)21/h5-11,17H,12-13,22H2,1-4H3. The number of nitrogens with two attached hydrogens (primary N) is 1. The molecule has 1 aromatic heterocycles. The number of aryl methyl sites for hydroxylation is 3. The highest BCUT2D eigenvalue weighted by atomic mass is 14.9. The Kier molecular flexibility index (Phi) is 4.27. The minimum atomic E-state index is 0.361. The van der Waals surface area contributed by atoms with Gasteiger partial charge in [0, 0.05) is 29.6 Å². The monoisotopic (exact) mass is 306 g/mol. The first-order valence-electron chi connectivity index (χ1n) is 8.33. The van der Waals surface area contributed by atoms with Crippen molar-refractivity contribution in [2.24, 2.45) is 12.8 Å². The van der Waals surface area contributed by atoms with E-state index in [2.05, 4.69) is 74.9 Å². The molecular formula is C21H26N2. The third-order valence-electron chi connectivity index (χ3n) is 5.14. The van der Waals surface area contributed by atoms with Gasteiger partial charge in [-0.1, -0.05) is 42.0 Å². The lowest BCUT2D eigenvalue weighted by Gasteiger charge is -2.19. The van der Waals surface area contributed by atoms with Crippen molar-refractivity contribution in [3.05, 3.63) is 70.4 Å². The summed E-state index contributed by atoms with van der Waals surface area (Å²) in [7, 11) is 2.15. The van der Waals surface area contributed by atoms with E-state index in [9.17, 15) is 0 Å². The SMILES string of the molecule is Cc1ccc(C)c(C(CN)Cc2c(C)n(C)c3ccccc23)c1. The van der Waals surface area contributed by atoms with Gasteiger partial charge in [-0.2, -0.15) is 0 Å². The number of benzene rings is 2. The molecule has 0 fully saturated rings. The first kappa shape index (κ1) is 15.8. The fourth-order valence-electron chi connectivity index (χ4n) is 3.62. The van der Waals surface area contributed by atoms with Crippen molar-refractivity contribution in [3.8, 4) is 0 Å². The molecule has 0 radical (unpaired) electrons. The van der Waals surface area contributed by atoms with E-state index >= 15 is 0 Å². The first-order valence-corrected chi connectivity index (χ1v) is 8.33. The molecule has 1 heterocycles. The summed E-state index contributed by atoms with van der Waals surface area (Å²) < 4.78 is 2.29. The summed E-state index contributed by atoms with van der Waals surface area (Å²) in [6.45, 7) is 7.23.